The number of carbonyl (C=O) groups excluding carboxylic acids is 2. The topological polar surface area (TPSA) is 64.7 Å². The maximum absolute atomic E-state index is 12.2. The molecule has 7 heteroatoms. The molecule has 0 aromatic heterocycles. The van der Waals surface area contributed by atoms with Crippen molar-refractivity contribution in [1.82, 2.24) is 10.2 Å². The minimum Gasteiger partial charge on any atom is -0.368 e. The highest BCUT2D eigenvalue weighted by Gasteiger charge is 2.21. The van der Waals surface area contributed by atoms with Crippen LogP contribution in [-0.2, 0) is 4.79 Å². The fourth-order valence-corrected chi connectivity index (χ4v) is 3.46. The summed E-state index contributed by atoms with van der Waals surface area (Å²) < 4.78 is 0. The van der Waals surface area contributed by atoms with Gasteiger partial charge >= 0.3 is 6.03 Å². The number of carbonyl (C=O) groups is 2. The average molecular weight is 401 g/mol. The monoisotopic (exact) mass is 400 g/mol. The molecule has 0 radical (unpaired) electrons. The van der Waals surface area contributed by atoms with Gasteiger partial charge in [0, 0.05) is 31.9 Å². The number of halogens is 1. The molecule has 1 fully saturated rings. The number of anilines is 2. The molecule has 1 heterocycles. The van der Waals surface area contributed by atoms with Gasteiger partial charge in [0.2, 0.25) is 5.91 Å². The Balaban J connectivity index is 1.44. The lowest BCUT2D eigenvalue weighted by Gasteiger charge is -2.36. The van der Waals surface area contributed by atoms with Crippen LogP contribution in [0.3, 0.4) is 0 Å². The normalized spacial score (nSPS) is 14.6. The van der Waals surface area contributed by atoms with Crippen molar-refractivity contribution in [3.05, 3.63) is 58.6 Å². The molecule has 1 aliphatic heterocycles. The summed E-state index contributed by atoms with van der Waals surface area (Å²) in [6.07, 6.45) is 0. The van der Waals surface area contributed by atoms with Crippen molar-refractivity contribution in [2.75, 3.05) is 42.9 Å². The lowest BCUT2D eigenvalue weighted by Crippen LogP contribution is -2.50. The van der Waals surface area contributed by atoms with Crippen LogP contribution in [-0.4, -0.2) is 49.6 Å². The SMILES string of the molecule is Cc1ccc(NC(=O)NC(=O)CN2CCN(c3ccccc3Cl)CC2)cc1C. The summed E-state index contributed by atoms with van der Waals surface area (Å²) in [4.78, 5) is 28.5. The molecule has 0 bridgehead atoms. The zero-order valence-electron chi connectivity index (χ0n) is 16.2. The predicted octanol–water partition coefficient (Wildman–Crippen LogP) is 3.43. The summed E-state index contributed by atoms with van der Waals surface area (Å²) >= 11 is 6.26. The van der Waals surface area contributed by atoms with Gasteiger partial charge in [-0.1, -0.05) is 29.8 Å². The molecular formula is C21H25ClN4O2. The van der Waals surface area contributed by atoms with Crippen molar-refractivity contribution in [3.8, 4) is 0 Å². The van der Waals surface area contributed by atoms with Gasteiger partial charge in [-0.15, -0.1) is 0 Å². The Morgan fingerprint density at radius 1 is 1.00 bits per heavy atom. The molecule has 0 atom stereocenters. The van der Waals surface area contributed by atoms with Gasteiger partial charge in [0.25, 0.3) is 0 Å². The van der Waals surface area contributed by atoms with E-state index in [9.17, 15) is 9.59 Å². The van der Waals surface area contributed by atoms with Crippen molar-refractivity contribution >= 4 is 34.9 Å². The Morgan fingerprint density at radius 2 is 1.71 bits per heavy atom. The molecule has 1 aliphatic rings. The largest absolute Gasteiger partial charge is 0.368 e. The summed E-state index contributed by atoms with van der Waals surface area (Å²) in [5, 5.41) is 5.83. The number of para-hydroxylation sites is 1. The van der Waals surface area contributed by atoms with E-state index in [0.29, 0.717) is 5.69 Å². The molecule has 1 saturated heterocycles. The van der Waals surface area contributed by atoms with Gasteiger partial charge in [-0.3, -0.25) is 15.0 Å². The average Bonchev–Trinajstić information content (AvgIpc) is 2.66. The summed E-state index contributed by atoms with van der Waals surface area (Å²) in [5.41, 5.74) is 3.92. The quantitative estimate of drug-likeness (QED) is 0.825. The Hall–Kier alpha value is -2.57. The minimum absolute atomic E-state index is 0.191. The van der Waals surface area contributed by atoms with E-state index < -0.39 is 6.03 Å². The number of piperazine rings is 1. The summed E-state index contributed by atoms with van der Waals surface area (Å²) in [6.45, 7) is 7.21. The summed E-state index contributed by atoms with van der Waals surface area (Å²) in [5.74, 6) is -0.312. The molecule has 0 spiro atoms. The third kappa shape index (κ3) is 5.24. The van der Waals surface area contributed by atoms with Crippen LogP contribution >= 0.6 is 11.6 Å². The highest BCUT2D eigenvalue weighted by molar-refractivity contribution is 6.33. The molecule has 3 rings (SSSR count). The number of nitrogens with one attached hydrogen (secondary N) is 2. The van der Waals surface area contributed by atoms with Gasteiger partial charge in [-0.25, -0.2) is 4.79 Å². The summed E-state index contributed by atoms with van der Waals surface area (Å²) in [6, 6.07) is 12.9. The molecule has 0 unspecified atom stereocenters. The van der Waals surface area contributed by atoms with E-state index in [-0.39, 0.29) is 12.5 Å². The predicted molar refractivity (Wildman–Crippen MR) is 113 cm³/mol. The number of imide groups is 1. The van der Waals surface area contributed by atoms with Crippen LogP contribution in [0.25, 0.3) is 0 Å². The lowest BCUT2D eigenvalue weighted by molar-refractivity contribution is -0.121. The number of nitrogens with zero attached hydrogens (tertiary/aromatic N) is 2. The Labute approximate surface area is 170 Å². The molecule has 2 aromatic carbocycles. The van der Waals surface area contributed by atoms with Gasteiger partial charge < -0.3 is 10.2 Å². The lowest BCUT2D eigenvalue weighted by atomic mass is 10.1. The van der Waals surface area contributed by atoms with E-state index in [0.717, 1.165) is 48.0 Å². The Kier molecular flexibility index (Phi) is 6.54. The number of benzene rings is 2. The first kappa shape index (κ1) is 20.2. The molecule has 148 valence electrons. The third-order valence-electron chi connectivity index (χ3n) is 4.95. The van der Waals surface area contributed by atoms with Crippen LogP contribution in [0.15, 0.2) is 42.5 Å². The number of rotatable bonds is 4. The van der Waals surface area contributed by atoms with Gasteiger partial charge in [0.05, 0.1) is 17.3 Å². The molecule has 28 heavy (non-hydrogen) atoms. The molecule has 0 saturated carbocycles. The zero-order chi connectivity index (χ0) is 20.1. The van der Waals surface area contributed by atoms with Crippen molar-refractivity contribution < 1.29 is 9.59 Å². The number of aryl methyl sites for hydroxylation is 2. The van der Waals surface area contributed by atoms with Gasteiger partial charge in [0.15, 0.2) is 0 Å². The van der Waals surface area contributed by atoms with Crippen molar-refractivity contribution in [1.29, 1.82) is 0 Å². The van der Waals surface area contributed by atoms with Crippen LogP contribution in [0.1, 0.15) is 11.1 Å². The van der Waals surface area contributed by atoms with E-state index in [1.54, 1.807) is 0 Å². The van der Waals surface area contributed by atoms with Gasteiger partial charge in [-0.2, -0.15) is 0 Å². The standard InChI is InChI=1S/C21H25ClN4O2/c1-15-7-8-17(13-16(15)2)23-21(28)24-20(27)14-25-9-11-26(12-10-25)19-6-4-3-5-18(19)22/h3-8,13H,9-12,14H2,1-2H3,(H2,23,24,27,28). The van der Waals surface area contributed by atoms with E-state index in [1.807, 2.05) is 61.2 Å². The fourth-order valence-electron chi connectivity index (χ4n) is 3.21. The number of amides is 3. The van der Waals surface area contributed by atoms with Crippen molar-refractivity contribution in [3.63, 3.8) is 0 Å². The third-order valence-corrected chi connectivity index (χ3v) is 5.27. The van der Waals surface area contributed by atoms with Crippen LogP contribution in [0, 0.1) is 13.8 Å². The number of hydrogen-bond acceptors (Lipinski definition) is 4. The van der Waals surface area contributed by atoms with Crippen molar-refractivity contribution in [2.45, 2.75) is 13.8 Å². The van der Waals surface area contributed by atoms with Crippen LogP contribution in [0.4, 0.5) is 16.2 Å². The van der Waals surface area contributed by atoms with Gasteiger partial charge in [-0.05, 0) is 49.2 Å². The first-order valence-electron chi connectivity index (χ1n) is 9.32. The Morgan fingerprint density at radius 3 is 2.39 bits per heavy atom. The maximum atomic E-state index is 12.2. The van der Waals surface area contributed by atoms with Crippen LogP contribution < -0.4 is 15.5 Å². The molecular weight excluding hydrogens is 376 g/mol. The van der Waals surface area contributed by atoms with Crippen molar-refractivity contribution in [2.24, 2.45) is 0 Å². The minimum atomic E-state index is -0.511. The zero-order valence-corrected chi connectivity index (χ0v) is 16.9. The first-order valence-corrected chi connectivity index (χ1v) is 9.70. The Bertz CT molecular complexity index is 863. The fraction of sp³-hybridized carbons (Fsp3) is 0.333. The smallest absolute Gasteiger partial charge is 0.325 e. The van der Waals surface area contributed by atoms with E-state index in [2.05, 4.69) is 15.5 Å². The molecule has 2 aromatic rings. The molecule has 0 aliphatic carbocycles. The highest BCUT2D eigenvalue weighted by Crippen LogP contribution is 2.25. The van der Waals surface area contributed by atoms with Crippen LogP contribution in [0.5, 0.6) is 0 Å². The van der Waals surface area contributed by atoms with E-state index in [1.165, 1.54) is 0 Å². The molecule has 6 nitrogen and oxygen atoms in total. The maximum Gasteiger partial charge on any atom is 0.325 e. The number of hydrogen-bond donors (Lipinski definition) is 2. The van der Waals surface area contributed by atoms with E-state index >= 15 is 0 Å². The second-order valence-electron chi connectivity index (χ2n) is 7.02. The second kappa shape index (κ2) is 9.08. The molecule has 2 N–H and O–H groups in total. The molecule has 3 amide bonds. The summed E-state index contributed by atoms with van der Waals surface area (Å²) in [7, 11) is 0. The first-order chi connectivity index (χ1) is 13.4. The highest BCUT2D eigenvalue weighted by atomic mass is 35.5. The van der Waals surface area contributed by atoms with Gasteiger partial charge in [0.1, 0.15) is 0 Å². The second-order valence-corrected chi connectivity index (χ2v) is 7.42. The number of urea groups is 1. The van der Waals surface area contributed by atoms with Crippen LogP contribution in [0.2, 0.25) is 5.02 Å². The van der Waals surface area contributed by atoms with E-state index in [4.69, 9.17) is 11.6 Å².